The van der Waals surface area contributed by atoms with E-state index in [4.69, 9.17) is 24.2 Å². The number of ether oxygens (including phenoxy) is 3. The molecule has 0 aliphatic carbocycles. The van der Waals surface area contributed by atoms with Gasteiger partial charge in [-0.25, -0.2) is 10.4 Å². The third-order valence-corrected chi connectivity index (χ3v) is 12.2. The molecule has 2 saturated heterocycles. The average molecular weight is 811 g/mol. The second kappa shape index (κ2) is 16.1. The van der Waals surface area contributed by atoms with Gasteiger partial charge in [-0.1, -0.05) is 19.9 Å². The van der Waals surface area contributed by atoms with Crippen LogP contribution in [0.2, 0.25) is 0 Å². The number of esters is 1. The van der Waals surface area contributed by atoms with Gasteiger partial charge in [0, 0.05) is 65.6 Å². The van der Waals surface area contributed by atoms with Gasteiger partial charge in [-0.15, -0.1) is 11.3 Å². The van der Waals surface area contributed by atoms with Gasteiger partial charge in [-0.05, 0) is 69.9 Å². The Bertz CT molecular complexity index is 2150. The summed E-state index contributed by atoms with van der Waals surface area (Å²) in [7, 11) is 1.66. The minimum Gasteiger partial charge on any atom is -0.464 e. The minimum atomic E-state index is -4.67. The molecule has 12 nitrogen and oxygen atoms in total. The number of halogens is 3. The summed E-state index contributed by atoms with van der Waals surface area (Å²) in [5, 5.41) is 7.28. The van der Waals surface area contributed by atoms with Crippen molar-refractivity contribution < 1.29 is 41.8 Å². The fourth-order valence-electron chi connectivity index (χ4n) is 8.32. The van der Waals surface area contributed by atoms with Crippen molar-refractivity contribution >= 4 is 40.0 Å². The predicted molar refractivity (Wildman–Crippen MR) is 208 cm³/mol. The van der Waals surface area contributed by atoms with Gasteiger partial charge in [0.2, 0.25) is 5.91 Å². The van der Waals surface area contributed by atoms with Crippen LogP contribution in [-0.4, -0.2) is 88.6 Å². The largest absolute Gasteiger partial charge is 0.464 e. The molecule has 3 aromatic heterocycles. The van der Waals surface area contributed by atoms with Gasteiger partial charge in [0.25, 0.3) is 5.91 Å². The summed E-state index contributed by atoms with van der Waals surface area (Å²) in [4.78, 5) is 51.2. The number of carbonyl (C=O) groups excluding carboxylic acids is 3. The van der Waals surface area contributed by atoms with E-state index in [2.05, 4.69) is 40.4 Å². The summed E-state index contributed by atoms with van der Waals surface area (Å²) in [6.07, 6.45) is -2.87. The summed E-state index contributed by atoms with van der Waals surface area (Å²) in [5.74, 6) is -5.61. The number of aryl methyl sites for hydroxylation is 1. The number of thiazole rings is 1. The molecule has 306 valence electrons. The van der Waals surface area contributed by atoms with E-state index in [0.29, 0.717) is 36.5 Å². The molecule has 3 aliphatic rings. The van der Waals surface area contributed by atoms with Crippen LogP contribution in [0, 0.1) is 17.3 Å². The van der Waals surface area contributed by atoms with Gasteiger partial charge in [-0.2, -0.15) is 13.2 Å². The van der Waals surface area contributed by atoms with Gasteiger partial charge in [0.05, 0.1) is 59.3 Å². The van der Waals surface area contributed by atoms with Crippen LogP contribution in [0.5, 0.6) is 0 Å². The summed E-state index contributed by atoms with van der Waals surface area (Å²) >= 11 is 1.29. The average Bonchev–Trinajstić information content (AvgIpc) is 3.91. The van der Waals surface area contributed by atoms with Gasteiger partial charge in [-0.3, -0.25) is 24.4 Å². The van der Waals surface area contributed by atoms with Crippen LogP contribution in [0.3, 0.4) is 0 Å². The van der Waals surface area contributed by atoms with Crippen LogP contribution in [0.15, 0.2) is 41.9 Å². The van der Waals surface area contributed by atoms with Crippen LogP contribution in [0.25, 0.3) is 33.4 Å². The number of benzene rings is 1. The normalized spacial score (nSPS) is 24.9. The lowest BCUT2D eigenvalue weighted by Crippen LogP contribution is -2.61. The Morgan fingerprint density at radius 3 is 2.75 bits per heavy atom. The Morgan fingerprint density at radius 2 is 2.02 bits per heavy atom. The van der Waals surface area contributed by atoms with Crippen molar-refractivity contribution in [1.82, 2.24) is 30.3 Å². The number of pyridine rings is 1. The highest BCUT2D eigenvalue weighted by molar-refractivity contribution is 7.10. The lowest BCUT2D eigenvalue weighted by Gasteiger charge is -2.36. The van der Waals surface area contributed by atoms with Crippen LogP contribution in [0.1, 0.15) is 69.8 Å². The quantitative estimate of drug-likeness (QED) is 0.212. The highest BCUT2D eigenvalue weighted by Gasteiger charge is 2.54. The highest BCUT2D eigenvalue weighted by Crippen LogP contribution is 2.43. The summed E-state index contributed by atoms with van der Waals surface area (Å²) in [6, 6.07) is 8.00. The molecule has 6 heterocycles. The number of nitrogens with one attached hydrogen (secondary N) is 2. The number of rotatable bonds is 6. The second-order valence-corrected chi connectivity index (χ2v) is 16.9. The van der Waals surface area contributed by atoms with Crippen molar-refractivity contribution in [3.63, 3.8) is 0 Å². The van der Waals surface area contributed by atoms with Gasteiger partial charge >= 0.3 is 12.1 Å². The van der Waals surface area contributed by atoms with E-state index in [0.717, 1.165) is 39.0 Å². The summed E-state index contributed by atoms with van der Waals surface area (Å²) < 4.78 is 61.3. The van der Waals surface area contributed by atoms with Crippen molar-refractivity contribution in [2.75, 3.05) is 26.9 Å². The molecule has 4 aromatic rings. The Labute approximate surface area is 333 Å². The van der Waals surface area contributed by atoms with Crippen molar-refractivity contribution in [2.45, 2.75) is 97.3 Å². The SMILES string of the molecule is CCn1c(-c2cccnc2[C@H](C)OC)c2c3cc(ccc31)-c1csc(n1)C[C@H](NC(=O)[C@@H]1C(C(F)(F)F)CO[C@H]1C)C(=O)N1CCC[C@H](N1)C(=O)OCC(C)(C)C2. The first-order valence-corrected chi connectivity index (χ1v) is 20.3. The molecule has 2 amide bonds. The predicted octanol–water partition coefficient (Wildman–Crippen LogP) is 6.42. The fraction of sp³-hybridized carbons (Fsp3) is 0.537. The molecule has 1 unspecified atom stereocenters. The molecule has 57 heavy (non-hydrogen) atoms. The summed E-state index contributed by atoms with van der Waals surface area (Å²) in [5.41, 5.74) is 8.74. The first kappa shape index (κ1) is 40.8. The zero-order valence-corrected chi connectivity index (χ0v) is 33.8. The van der Waals surface area contributed by atoms with E-state index in [1.54, 1.807) is 13.3 Å². The van der Waals surface area contributed by atoms with Crippen molar-refractivity contribution in [1.29, 1.82) is 0 Å². The number of nitrogens with zero attached hydrogens (tertiary/aromatic N) is 4. The van der Waals surface area contributed by atoms with Crippen LogP contribution >= 0.6 is 11.3 Å². The lowest BCUT2D eigenvalue weighted by atomic mass is 9.84. The monoisotopic (exact) mass is 810 g/mol. The summed E-state index contributed by atoms with van der Waals surface area (Å²) in [6.45, 7) is 9.91. The molecule has 0 radical (unpaired) electrons. The molecular formula is C41H49F3N6O6S. The fourth-order valence-corrected chi connectivity index (χ4v) is 9.17. The number of cyclic esters (lactones) is 1. The van der Waals surface area contributed by atoms with E-state index in [-0.39, 0.29) is 25.7 Å². The maximum absolute atomic E-state index is 14.2. The third kappa shape index (κ3) is 8.18. The number of hydrazine groups is 1. The molecule has 6 atom stereocenters. The molecule has 6 bridgehead atoms. The zero-order chi connectivity index (χ0) is 40.8. The van der Waals surface area contributed by atoms with Gasteiger partial charge in [0.1, 0.15) is 12.1 Å². The Morgan fingerprint density at radius 1 is 1.23 bits per heavy atom. The Balaban J connectivity index is 1.33. The topological polar surface area (TPSA) is 137 Å². The molecule has 7 rings (SSSR count). The number of aromatic nitrogens is 3. The standard InChI is InChI=1S/C41H49F3N6O6S/c1-7-49-32-13-12-24-16-26(32)27(36(49)25-10-8-14-45-35(25)23(3)54-6)18-40(4,5)21-56-39(53)29-11-9-15-50(48-29)38(52)30(17-33-46-31(24)20-57-33)47-37(51)34-22(2)55-19-28(34)41(42,43)44/h8,10,12-14,16,20,22-23,28-30,34,48H,7,9,11,15,17-19,21H2,1-6H3,(H,47,51)/t22-,23-,28?,29-,30-,34-/m0/s1. The van der Waals surface area contributed by atoms with E-state index >= 15 is 0 Å². The molecule has 2 fully saturated rings. The molecule has 1 aromatic carbocycles. The van der Waals surface area contributed by atoms with E-state index in [1.165, 1.54) is 23.3 Å². The van der Waals surface area contributed by atoms with E-state index < -0.39 is 66.0 Å². The Hall–Kier alpha value is -4.38. The number of amides is 2. The molecule has 2 N–H and O–H groups in total. The first-order chi connectivity index (χ1) is 27.1. The number of hydrogen-bond donors (Lipinski definition) is 2. The first-order valence-electron chi connectivity index (χ1n) is 19.4. The van der Waals surface area contributed by atoms with Gasteiger partial charge < -0.3 is 24.1 Å². The van der Waals surface area contributed by atoms with Crippen LogP contribution in [0.4, 0.5) is 13.2 Å². The van der Waals surface area contributed by atoms with Crippen LogP contribution in [-0.2, 0) is 48.0 Å². The number of carbonyl (C=O) groups is 3. The highest BCUT2D eigenvalue weighted by atomic mass is 32.1. The molecule has 0 spiro atoms. The third-order valence-electron chi connectivity index (χ3n) is 11.4. The minimum absolute atomic E-state index is 0.0827. The molecule has 3 aliphatic heterocycles. The molecule has 16 heteroatoms. The lowest BCUT2D eigenvalue weighted by molar-refractivity contribution is -0.185. The molecular weight excluding hydrogens is 762 g/mol. The van der Waals surface area contributed by atoms with Gasteiger partial charge in [0.15, 0.2) is 0 Å². The number of alkyl halides is 3. The van der Waals surface area contributed by atoms with Crippen molar-refractivity contribution in [3.05, 3.63) is 58.2 Å². The van der Waals surface area contributed by atoms with E-state index in [1.807, 2.05) is 38.3 Å². The van der Waals surface area contributed by atoms with Crippen molar-refractivity contribution in [2.24, 2.45) is 17.3 Å². The van der Waals surface area contributed by atoms with Crippen molar-refractivity contribution in [3.8, 4) is 22.5 Å². The number of methoxy groups -OCH3 is 1. The second-order valence-electron chi connectivity index (χ2n) is 16.0. The zero-order valence-electron chi connectivity index (χ0n) is 32.9. The Kier molecular flexibility index (Phi) is 11.5. The van der Waals surface area contributed by atoms with E-state index in [9.17, 15) is 27.6 Å². The molecule has 0 saturated carbocycles. The maximum Gasteiger partial charge on any atom is 0.394 e. The maximum atomic E-state index is 14.2. The number of hydrogen-bond acceptors (Lipinski definition) is 10. The van der Waals surface area contributed by atoms with Crippen LogP contribution < -0.4 is 10.7 Å². The number of fused-ring (bicyclic) bond motifs is 6. The smallest absolute Gasteiger partial charge is 0.394 e.